The average molecular weight is 184 g/mol. The molecule has 1 aliphatic carbocycles. The van der Waals surface area contributed by atoms with Gasteiger partial charge < -0.3 is 0 Å². The van der Waals surface area contributed by atoms with Gasteiger partial charge in [-0.3, -0.25) is 4.99 Å². The van der Waals surface area contributed by atoms with Crippen molar-refractivity contribution in [1.29, 1.82) is 0 Å². The molecule has 1 aliphatic rings. The van der Waals surface area contributed by atoms with Crippen LogP contribution >= 0.6 is 11.6 Å². The zero-order valence-corrected chi connectivity index (χ0v) is 8.52. The average Bonchev–Trinajstić information content (AvgIpc) is 1.91. The molecule has 12 heavy (non-hydrogen) atoms. The fourth-order valence-corrected chi connectivity index (χ4v) is 1.22. The maximum Gasteiger partial charge on any atom is 0.0619 e. The Morgan fingerprint density at radius 3 is 2.58 bits per heavy atom. The molecule has 0 radical (unpaired) electrons. The van der Waals surface area contributed by atoms with Crippen LogP contribution in [0, 0.1) is 0 Å². The summed E-state index contributed by atoms with van der Waals surface area (Å²) in [6.45, 7) is 6.22. The Balaban J connectivity index is 2.84. The Kier molecular flexibility index (Phi) is 2.73. The second-order valence-electron chi connectivity index (χ2n) is 3.88. The van der Waals surface area contributed by atoms with Gasteiger partial charge in [-0.25, -0.2) is 0 Å². The minimum Gasteiger partial charge on any atom is -0.282 e. The highest BCUT2D eigenvalue weighted by Crippen LogP contribution is 2.17. The van der Waals surface area contributed by atoms with Gasteiger partial charge in [-0.15, -0.1) is 0 Å². The lowest BCUT2D eigenvalue weighted by Crippen LogP contribution is -2.14. The van der Waals surface area contributed by atoms with Crippen LogP contribution in [0.25, 0.3) is 0 Å². The van der Waals surface area contributed by atoms with Gasteiger partial charge >= 0.3 is 0 Å². The van der Waals surface area contributed by atoms with E-state index in [1.807, 2.05) is 12.2 Å². The van der Waals surface area contributed by atoms with Crippen molar-refractivity contribution in [2.24, 2.45) is 4.99 Å². The van der Waals surface area contributed by atoms with Crippen LogP contribution in [0.5, 0.6) is 0 Å². The van der Waals surface area contributed by atoms with Gasteiger partial charge in [-0.05, 0) is 26.8 Å². The van der Waals surface area contributed by atoms with Crippen molar-refractivity contribution >= 4 is 17.3 Å². The molecular formula is C10H14ClN. The van der Waals surface area contributed by atoms with E-state index in [-0.39, 0.29) is 5.54 Å². The number of hydrogen-bond donors (Lipinski definition) is 0. The second-order valence-corrected chi connectivity index (χ2v) is 4.28. The van der Waals surface area contributed by atoms with Crippen LogP contribution < -0.4 is 0 Å². The van der Waals surface area contributed by atoms with E-state index in [2.05, 4.69) is 31.8 Å². The Bertz CT molecular complexity index is 254. The number of aliphatic imine (C=N–C) groups is 1. The SMILES string of the molecule is CC(C)(C)N=C1CC=CC=C1Cl. The van der Waals surface area contributed by atoms with Gasteiger partial charge in [0.05, 0.1) is 16.3 Å². The zero-order valence-electron chi connectivity index (χ0n) is 7.76. The maximum atomic E-state index is 5.97. The van der Waals surface area contributed by atoms with E-state index >= 15 is 0 Å². The van der Waals surface area contributed by atoms with Gasteiger partial charge in [0.15, 0.2) is 0 Å². The van der Waals surface area contributed by atoms with Crippen molar-refractivity contribution in [3.05, 3.63) is 23.3 Å². The fourth-order valence-electron chi connectivity index (χ4n) is 1.03. The predicted octanol–water partition coefficient (Wildman–Crippen LogP) is 3.31. The van der Waals surface area contributed by atoms with Crippen LogP contribution in [0.2, 0.25) is 0 Å². The summed E-state index contributed by atoms with van der Waals surface area (Å²) in [5.74, 6) is 0. The quantitative estimate of drug-likeness (QED) is 0.547. The third-order valence-electron chi connectivity index (χ3n) is 1.44. The molecule has 2 heteroatoms. The van der Waals surface area contributed by atoms with Gasteiger partial charge in [0, 0.05) is 6.42 Å². The fraction of sp³-hybridized carbons (Fsp3) is 0.500. The Labute approximate surface area is 78.8 Å². The van der Waals surface area contributed by atoms with E-state index in [0.717, 1.165) is 17.2 Å². The highest BCUT2D eigenvalue weighted by molar-refractivity contribution is 6.44. The summed E-state index contributed by atoms with van der Waals surface area (Å²) in [6, 6.07) is 0. The summed E-state index contributed by atoms with van der Waals surface area (Å²) in [4.78, 5) is 4.51. The van der Waals surface area contributed by atoms with Gasteiger partial charge in [0.25, 0.3) is 0 Å². The van der Waals surface area contributed by atoms with Crippen LogP contribution in [-0.2, 0) is 0 Å². The third kappa shape index (κ3) is 2.82. The molecule has 0 saturated carbocycles. The van der Waals surface area contributed by atoms with Crippen molar-refractivity contribution in [2.75, 3.05) is 0 Å². The normalized spacial score (nSPS) is 21.3. The van der Waals surface area contributed by atoms with Crippen molar-refractivity contribution in [1.82, 2.24) is 0 Å². The van der Waals surface area contributed by atoms with E-state index in [1.54, 1.807) is 0 Å². The van der Waals surface area contributed by atoms with Crippen LogP contribution in [-0.4, -0.2) is 11.3 Å². The number of allylic oxidation sites excluding steroid dienone is 4. The van der Waals surface area contributed by atoms with Crippen molar-refractivity contribution < 1.29 is 0 Å². The second kappa shape index (κ2) is 3.44. The molecule has 0 spiro atoms. The first-order valence-electron chi connectivity index (χ1n) is 4.10. The molecule has 1 nitrogen and oxygen atoms in total. The summed E-state index contributed by atoms with van der Waals surface area (Å²) in [5, 5.41) is 0.771. The summed E-state index contributed by atoms with van der Waals surface area (Å²) < 4.78 is 0. The molecule has 0 aromatic carbocycles. The molecule has 0 aliphatic heterocycles. The monoisotopic (exact) mass is 183 g/mol. The predicted molar refractivity (Wildman–Crippen MR) is 54.9 cm³/mol. The van der Waals surface area contributed by atoms with Crippen molar-refractivity contribution in [3.63, 3.8) is 0 Å². The van der Waals surface area contributed by atoms with Crippen LogP contribution in [0.4, 0.5) is 0 Å². The van der Waals surface area contributed by atoms with Crippen molar-refractivity contribution in [2.45, 2.75) is 32.7 Å². The smallest absolute Gasteiger partial charge is 0.0619 e. The zero-order chi connectivity index (χ0) is 9.19. The molecule has 0 aromatic heterocycles. The van der Waals surface area contributed by atoms with E-state index in [9.17, 15) is 0 Å². The molecule has 0 saturated heterocycles. The largest absolute Gasteiger partial charge is 0.282 e. The Morgan fingerprint density at radius 2 is 2.08 bits per heavy atom. The molecule has 1 rings (SSSR count). The van der Waals surface area contributed by atoms with Gasteiger partial charge in [-0.2, -0.15) is 0 Å². The molecule has 0 amide bonds. The van der Waals surface area contributed by atoms with E-state index in [1.165, 1.54) is 0 Å². The van der Waals surface area contributed by atoms with Gasteiger partial charge in [0.2, 0.25) is 0 Å². The van der Waals surface area contributed by atoms with Crippen molar-refractivity contribution in [3.8, 4) is 0 Å². The highest BCUT2D eigenvalue weighted by Gasteiger charge is 2.12. The number of nitrogens with zero attached hydrogens (tertiary/aromatic N) is 1. The van der Waals surface area contributed by atoms with Crippen LogP contribution in [0.1, 0.15) is 27.2 Å². The highest BCUT2D eigenvalue weighted by atomic mass is 35.5. The summed E-state index contributed by atoms with van der Waals surface area (Å²) in [5.41, 5.74) is 0.959. The molecular weight excluding hydrogens is 170 g/mol. The first-order chi connectivity index (χ1) is 5.49. The molecule has 0 heterocycles. The molecule has 0 unspecified atom stereocenters. The number of rotatable bonds is 0. The molecule has 0 atom stereocenters. The molecule has 0 N–H and O–H groups in total. The van der Waals surface area contributed by atoms with E-state index in [4.69, 9.17) is 11.6 Å². The van der Waals surface area contributed by atoms with E-state index in [0.29, 0.717) is 0 Å². The summed E-state index contributed by atoms with van der Waals surface area (Å²) in [7, 11) is 0. The Hall–Kier alpha value is -0.560. The minimum atomic E-state index is -0.0332. The summed E-state index contributed by atoms with van der Waals surface area (Å²) in [6.07, 6.45) is 6.77. The molecule has 66 valence electrons. The summed E-state index contributed by atoms with van der Waals surface area (Å²) >= 11 is 5.97. The first kappa shape index (κ1) is 9.53. The minimum absolute atomic E-state index is 0.0332. The van der Waals surface area contributed by atoms with Gasteiger partial charge in [0.1, 0.15) is 0 Å². The molecule has 0 aromatic rings. The topological polar surface area (TPSA) is 12.4 Å². The lowest BCUT2D eigenvalue weighted by Gasteiger charge is -2.16. The standard InChI is InChI=1S/C10H14ClN/c1-10(2,3)12-9-7-5-4-6-8(9)11/h4-6H,7H2,1-3H3. The lowest BCUT2D eigenvalue weighted by molar-refractivity contribution is 0.583. The Morgan fingerprint density at radius 1 is 1.42 bits per heavy atom. The van der Waals surface area contributed by atoms with Crippen LogP contribution in [0.3, 0.4) is 0 Å². The maximum absolute atomic E-state index is 5.97. The van der Waals surface area contributed by atoms with Crippen LogP contribution in [0.15, 0.2) is 28.3 Å². The molecule has 0 fully saturated rings. The van der Waals surface area contributed by atoms with Gasteiger partial charge in [-0.1, -0.05) is 23.8 Å². The molecule has 0 bridgehead atoms. The number of halogens is 1. The lowest BCUT2D eigenvalue weighted by atomic mass is 10.1. The first-order valence-corrected chi connectivity index (χ1v) is 4.48. The third-order valence-corrected chi connectivity index (χ3v) is 1.78. The number of hydrogen-bond acceptors (Lipinski definition) is 1. The van der Waals surface area contributed by atoms with E-state index < -0.39 is 0 Å².